The second-order valence-electron chi connectivity index (χ2n) is 8.75. The number of aliphatic hydroxyl groups is 1. The molecule has 4 rings (SSSR count). The maximum absolute atomic E-state index is 13.6. The van der Waals surface area contributed by atoms with E-state index in [0.29, 0.717) is 28.3 Å². The Morgan fingerprint density at radius 1 is 1.14 bits per heavy atom. The van der Waals surface area contributed by atoms with Crippen LogP contribution in [0.4, 0.5) is 4.39 Å². The van der Waals surface area contributed by atoms with Gasteiger partial charge in [-0.3, -0.25) is 9.59 Å². The third-order valence-corrected chi connectivity index (χ3v) is 6.85. The summed E-state index contributed by atoms with van der Waals surface area (Å²) in [6.45, 7) is 7.64. The smallest absolute Gasteiger partial charge is 0.290 e. The van der Waals surface area contributed by atoms with Crippen molar-refractivity contribution in [3.8, 4) is 5.75 Å². The summed E-state index contributed by atoms with van der Waals surface area (Å²) in [5.74, 6) is -1.24. The molecule has 0 aliphatic carbocycles. The second-order valence-corrected chi connectivity index (χ2v) is 9.96. The predicted molar refractivity (Wildman–Crippen MR) is 132 cm³/mol. The molecule has 0 saturated carbocycles. The molecule has 1 atom stereocenters. The minimum atomic E-state index is -0.773. The number of ketones is 1. The summed E-state index contributed by atoms with van der Waals surface area (Å²) in [5, 5.41) is 11.6. The number of rotatable bonds is 8. The Balaban J connectivity index is 1.71. The fourth-order valence-corrected chi connectivity index (χ4v) is 5.10. The van der Waals surface area contributed by atoms with Crippen LogP contribution in [-0.4, -0.2) is 39.3 Å². The van der Waals surface area contributed by atoms with Crippen molar-refractivity contribution in [3.63, 3.8) is 0 Å². The number of amides is 1. The number of nitrogens with zero attached hydrogens (tertiary/aromatic N) is 2. The van der Waals surface area contributed by atoms with Crippen molar-refractivity contribution in [1.82, 2.24) is 9.88 Å². The fourth-order valence-electron chi connectivity index (χ4n) is 4.23. The molecule has 1 aliphatic heterocycles. The van der Waals surface area contributed by atoms with E-state index >= 15 is 0 Å². The molecule has 35 heavy (non-hydrogen) atoms. The SMILES string of the molecule is Cc1nc(C)c(C(=O)C2=C(O)C(=O)N(CCc3ccc(F)cc3)C2c2ccc(OC(C)C)cc2)s1. The number of Topliss-reactive ketones (excluding diaryl/α,β-unsaturated/α-hetero) is 1. The van der Waals surface area contributed by atoms with Crippen molar-refractivity contribution in [2.45, 2.75) is 46.3 Å². The number of ether oxygens (including phenoxy) is 1. The van der Waals surface area contributed by atoms with Crippen LogP contribution in [0.15, 0.2) is 59.9 Å². The Bertz CT molecular complexity index is 1280. The van der Waals surface area contributed by atoms with Crippen molar-refractivity contribution in [2.24, 2.45) is 0 Å². The van der Waals surface area contributed by atoms with Gasteiger partial charge in [0, 0.05) is 6.54 Å². The lowest BCUT2D eigenvalue weighted by atomic mass is 9.94. The molecule has 1 aliphatic rings. The van der Waals surface area contributed by atoms with Crippen molar-refractivity contribution >= 4 is 23.0 Å². The maximum Gasteiger partial charge on any atom is 0.290 e. The van der Waals surface area contributed by atoms with E-state index in [1.807, 2.05) is 20.8 Å². The average Bonchev–Trinajstić information content (AvgIpc) is 3.28. The number of carbonyl (C=O) groups excluding carboxylic acids is 2. The lowest BCUT2D eigenvalue weighted by molar-refractivity contribution is -0.129. The quantitative estimate of drug-likeness (QED) is 0.418. The van der Waals surface area contributed by atoms with Crippen LogP contribution in [-0.2, 0) is 11.2 Å². The Labute approximate surface area is 207 Å². The van der Waals surface area contributed by atoms with Gasteiger partial charge in [0.05, 0.1) is 33.3 Å². The summed E-state index contributed by atoms with van der Waals surface area (Å²) in [5.41, 5.74) is 2.12. The molecule has 1 unspecified atom stereocenters. The molecule has 0 spiro atoms. The van der Waals surface area contributed by atoms with Crippen LogP contribution in [0.25, 0.3) is 0 Å². The number of hydrogen-bond donors (Lipinski definition) is 1. The number of halogens is 1. The van der Waals surface area contributed by atoms with Gasteiger partial charge in [-0.25, -0.2) is 9.37 Å². The molecule has 2 aromatic carbocycles. The van der Waals surface area contributed by atoms with E-state index in [-0.39, 0.29) is 24.0 Å². The lowest BCUT2D eigenvalue weighted by Crippen LogP contribution is -2.33. The molecule has 0 bridgehead atoms. The van der Waals surface area contributed by atoms with E-state index in [9.17, 15) is 19.1 Å². The number of hydrogen-bond acceptors (Lipinski definition) is 6. The summed E-state index contributed by atoms with van der Waals surface area (Å²) in [4.78, 5) is 33.0. The van der Waals surface area contributed by atoms with Gasteiger partial charge in [-0.15, -0.1) is 11.3 Å². The maximum atomic E-state index is 13.6. The first kappa shape index (κ1) is 24.6. The summed E-state index contributed by atoms with van der Waals surface area (Å²) >= 11 is 1.24. The molecule has 1 N–H and O–H groups in total. The van der Waals surface area contributed by atoms with Gasteiger partial charge in [-0.2, -0.15) is 0 Å². The van der Waals surface area contributed by atoms with Gasteiger partial charge in [0.15, 0.2) is 5.76 Å². The Kier molecular flexibility index (Phi) is 7.03. The number of carbonyl (C=O) groups is 2. The molecule has 0 fully saturated rings. The zero-order valence-electron chi connectivity index (χ0n) is 20.0. The van der Waals surface area contributed by atoms with E-state index in [4.69, 9.17) is 4.74 Å². The molecule has 0 saturated heterocycles. The number of aromatic nitrogens is 1. The summed E-state index contributed by atoms with van der Waals surface area (Å²) < 4.78 is 19.0. The minimum Gasteiger partial charge on any atom is -0.503 e. The monoisotopic (exact) mass is 494 g/mol. The van der Waals surface area contributed by atoms with Crippen LogP contribution in [0.5, 0.6) is 5.75 Å². The van der Waals surface area contributed by atoms with Gasteiger partial charge >= 0.3 is 0 Å². The van der Waals surface area contributed by atoms with Crippen molar-refractivity contribution in [3.05, 3.63) is 92.4 Å². The number of aryl methyl sites for hydroxylation is 2. The number of benzene rings is 2. The first-order valence-electron chi connectivity index (χ1n) is 11.4. The number of aliphatic hydroxyl groups excluding tert-OH is 1. The minimum absolute atomic E-state index is 0.000242. The molecule has 1 amide bonds. The van der Waals surface area contributed by atoms with E-state index < -0.39 is 23.5 Å². The van der Waals surface area contributed by atoms with Crippen molar-refractivity contribution in [1.29, 1.82) is 0 Å². The van der Waals surface area contributed by atoms with E-state index in [1.54, 1.807) is 43.3 Å². The predicted octanol–water partition coefficient (Wildman–Crippen LogP) is 5.51. The van der Waals surface area contributed by atoms with Crippen LogP contribution < -0.4 is 4.74 Å². The number of thiazole rings is 1. The highest BCUT2D eigenvalue weighted by atomic mass is 32.1. The average molecular weight is 495 g/mol. The Morgan fingerprint density at radius 3 is 2.37 bits per heavy atom. The van der Waals surface area contributed by atoms with Gasteiger partial charge in [-0.05, 0) is 69.5 Å². The van der Waals surface area contributed by atoms with Crippen LogP contribution in [0.2, 0.25) is 0 Å². The lowest BCUT2D eigenvalue weighted by Gasteiger charge is -2.27. The highest BCUT2D eigenvalue weighted by Crippen LogP contribution is 2.40. The van der Waals surface area contributed by atoms with Crippen LogP contribution in [0.3, 0.4) is 0 Å². The van der Waals surface area contributed by atoms with Crippen LogP contribution in [0.1, 0.15) is 51.4 Å². The molecular weight excluding hydrogens is 467 g/mol. The molecule has 6 nitrogen and oxygen atoms in total. The van der Waals surface area contributed by atoms with Crippen LogP contribution >= 0.6 is 11.3 Å². The third-order valence-electron chi connectivity index (χ3n) is 5.78. The van der Waals surface area contributed by atoms with Crippen molar-refractivity contribution < 1.29 is 23.8 Å². The highest BCUT2D eigenvalue weighted by molar-refractivity contribution is 7.14. The van der Waals surface area contributed by atoms with Crippen molar-refractivity contribution in [2.75, 3.05) is 6.54 Å². The van der Waals surface area contributed by atoms with Gasteiger partial charge in [0.2, 0.25) is 5.78 Å². The molecule has 3 aromatic rings. The van der Waals surface area contributed by atoms with Crippen LogP contribution in [0, 0.1) is 19.7 Å². The molecule has 0 radical (unpaired) electrons. The zero-order valence-corrected chi connectivity index (χ0v) is 20.9. The first-order chi connectivity index (χ1) is 16.7. The topological polar surface area (TPSA) is 79.7 Å². The molecular formula is C27H27FN2O4S. The van der Waals surface area contributed by atoms with Gasteiger partial charge < -0.3 is 14.7 Å². The van der Waals surface area contributed by atoms with Gasteiger partial charge in [0.1, 0.15) is 11.6 Å². The van der Waals surface area contributed by atoms with Gasteiger partial charge in [0.25, 0.3) is 5.91 Å². The highest BCUT2D eigenvalue weighted by Gasteiger charge is 2.44. The van der Waals surface area contributed by atoms with E-state index in [1.165, 1.54) is 28.4 Å². The Hall–Kier alpha value is -3.52. The summed E-state index contributed by atoms with van der Waals surface area (Å²) in [7, 11) is 0. The molecule has 182 valence electrons. The largest absolute Gasteiger partial charge is 0.503 e. The normalized spacial score (nSPS) is 15.9. The molecule has 1 aromatic heterocycles. The van der Waals surface area contributed by atoms with E-state index in [2.05, 4.69) is 4.98 Å². The second kappa shape index (κ2) is 10.00. The molecule has 2 heterocycles. The summed E-state index contributed by atoms with van der Waals surface area (Å²) in [6, 6.07) is 12.5. The third kappa shape index (κ3) is 5.12. The Morgan fingerprint density at radius 2 is 1.80 bits per heavy atom. The van der Waals surface area contributed by atoms with Gasteiger partial charge in [-0.1, -0.05) is 24.3 Å². The first-order valence-corrected chi connectivity index (χ1v) is 12.2. The summed E-state index contributed by atoms with van der Waals surface area (Å²) in [6.07, 6.45) is 0.435. The standard InChI is InChI=1S/C27H27FN2O4S/c1-15(2)34-21-11-7-19(8-12-21)23-22(24(31)26-16(3)29-17(4)35-26)25(32)27(33)30(23)14-13-18-5-9-20(28)10-6-18/h5-12,15,23,32H,13-14H2,1-4H3. The zero-order chi connectivity index (χ0) is 25.3. The molecule has 8 heteroatoms. The van der Waals surface area contributed by atoms with E-state index in [0.717, 1.165) is 10.6 Å². The fraction of sp³-hybridized carbons (Fsp3) is 0.296.